The molecule has 1 aromatic heterocycles. The molecule has 0 aliphatic heterocycles. The maximum absolute atomic E-state index is 10.8. The summed E-state index contributed by atoms with van der Waals surface area (Å²) in [4.78, 5) is 10.8. The van der Waals surface area contributed by atoms with E-state index in [-0.39, 0.29) is 5.91 Å². The van der Waals surface area contributed by atoms with Crippen LogP contribution >= 0.6 is 0 Å². The van der Waals surface area contributed by atoms with Crippen LogP contribution in [0, 0.1) is 6.92 Å². The highest BCUT2D eigenvalue weighted by atomic mass is 16.5. The molecular formula is C9H15N3O2. The van der Waals surface area contributed by atoms with Crippen LogP contribution in [0.5, 0.6) is 5.88 Å². The fraction of sp³-hybridized carbons (Fsp3) is 0.556. The monoisotopic (exact) mass is 197 g/mol. The van der Waals surface area contributed by atoms with Crippen molar-refractivity contribution >= 4 is 5.91 Å². The standard InChI is InChI=1S/C9H15N3O2/c1-6-8(5-10-7(2)13)9(14-4)11-12(6)3/h5H2,1-4H3,(H,10,13). The zero-order chi connectivity index (χ0) is 10.7. The van der Waals surface area contributed by atoms with Gasteiger partial charge in [-0.05, 0) is 6.92 Å². The zero-order valence-electron chi connectivity index (χ0n) is 8.92. The zero-order valence-corrected chi connectivity index (χ0v) is 8.92. The second kappa shape index (κ2) is 4.13. The second-order valence-electron chi connectivity index (χ2n) is 3.11. The number of aryl methyl sites for hydroxylation is 1. The van der Waals surface area contributed by atoms with Gasteiger partial charge in [0.25, 0.3) is 0 Å². The molecule has 0 saturated heterocycles. The van der Waals surface area contributed by atoms with Crippen molar-refractivity contribution in [1.29, 1.82) is 0 Å². The maximum Gasteiger partial charge on any atom is 0.237 e. The summed E-state index contributed by atoms with van der Waals surface area (Å²) < 4.78 is 6.83. The van der Waals surface area contributed by atoms with Gasteiger partial charge in [0.05, 0.1) is 12.7 Å². The van der Waals surface area contributed by atoms with Gasteiger partial charge in [0.15, 0.2) is 0 Å². The quantitative estimate of drug-likeness (QED) is 0.761. The summed E-state index contributed by atoms with van der Waals surface area (Å²) in [5, 5.41) is 6.87. The highest BCUT2D eigenvalue weighted by Gasteiger charge is 2.12. The van der Waals surface area contributed by atoms with E-state index >= 15 is 0 Å². The molecule has 1 rings (SSSR count). The van der Waals surface area contributed by atoms with E-state index in [4.69, 9.17) is 4.74 Å². The van der Waals surface area contributed by atoms with Crippen molar-refractivity contribution in [2.75, 3.05) is 7.11 Å². The lowest BCUT2D eigenvalue weighted by Gasteiger charge is -2.03. The van der Waals surface area contributed by atoms with Gasteiger partial charge < -0.3 is 10.1 Å². The third-order valence-electron chi connectivity index (χ3n) is 2.13. The Morgan fingerprint density at radius 2 is 2.29 bits per heavy atom. The summed E-state index contributed by atoms with van der Waals surface area (Å²) in [5.41, 5.74) is 1.92. The van der Waals surface area contributed by atoms with E-state index < -0.39 is 0 Å². The lowest BCUT2D eigenvalue weighted by atomic mass is 10.2. The fourth-order valence-electron chi connectivity index (χ4n) is 1.20. The van der Waals surface area contributed by atoms with Crippen molar-refractivity contribution in [2.24, 2.45) is 7.05 Å². The Morgan fingerprint density at radius 3 is 2.79 bits per heavy atom. The number of nitrogens with zero attached hydrogens (tertiary/aromatic N) is 2. The minimum absolute atomic E-state index is 0.0599. The summed E-state index contributed by atoms with van der Waals surface area (Å²) in [6, 6.07) is 0. The number of hydrogen-bond donors (Lipinski definition) is 1. The normalized spacial score (nSPS) is 10.0. The molecule has 78 valence electrons. The molecule has 1 amide bonds. The number of nitrogens with one attached hydrogen (secondary N) is 1. The van der Waals surface area contributed by atoms with E-state index in [1.54, 1.807) is 11.8 Å². The van der Waals surface area contributed by atoms with E-state index in [0.717, 1.165) is 11.3 Å². The highest BCUT2D eigenvalue weighted by molar-refractivity contribution is 5.72. The first kappa shape index (κ1) is 10.6. The molecule has 1 N–H and O–H groups in total. The molecule has 0 aliphatic carbocycles. The van der Waals surface area contributed by atoms with Crippen molar-refractivity contribution in [3.05, 3.63) is 11.3 Å². The van der Waals surface area contributed by atoms with Gasteiger partial charge in [0, 0.05) is 26.2 Å². The smallest absolute Gasteiger partial charge is 0.237 e. The summed E-state index contributed by atoms with van der Waals surface area (Å²) >= 11 is 0. The van der Waals surface area contributed by atoms with Gasteiger partial charge in [0.1, 0.15) is 0 Å². The molecule has 0 bridgehead atoms. The lowest BCUT2D eigenvalue weighted by molar-refractivity contribution is -0.119. The highest BCUT2D eigenvalue weighted by Crippen LogP contribution is 2.19. The lowest BCUT2D eigenvalue weighted by Crippen LogP contribution is -2.19. The van der Waals surface area contributed by atoms with Gasteiger partial charge in [0.2, 0.25) is 11.8 Å². The van der Waals surface area contributed by atoms with Crippen molar-refractivity contribution < 1.29 is 9.53 Å². The molecule has 5 heteroatoms. The van der Waals surface area contributed by atoms with Gasteiger partial charge in [-0.1, -0.05) is 0 Å². The van der Waals surface area contributed by atoms with Crippen LogP contribution in [-0.4, -0.2) is 22.8 Å². The van der Waals surface area contributed by atoms with E-state index in [9.17, 15) is 4.79 Å². The van der Waals surface area contributed by atoms with Crippen LogP contribution in [0.2, 0.25) is 0 Å². The van der Waals surface area contributed by atoms with Crippen LogP contribution in [0.15, 0.2) is 0 Å². The first-order chi connectivity index (χ1) is 6.56. The number of ether oxygens (including phenoxy) is 1. The first-order valence-electron chi connectivity index (χ1n) is 4.37. The van der Waals surface area contributed by atoms with Crippen LogP contribution in [0.25, 0.3) is 0 Å². The summed E-state index contributed by atoms with van der Waals surface area (Å²) in [5.74, 6) is 0.508. The van der Waals surface area contributed by atoms with Gasteiger partial charge in [-0.2, -0.15) is 0 Å². The van der Waals surface area contributed by atoms with Crippen molar-refractivity contribution in [3.63, 3.8) is 0 Å². The number of amides is 1. The Balaban J connectivity index is 2.88. The Hall–Kier alpha value is -1.52. The molecule has 1 aromatic rings. The number of carbonyl (C=O) groups excluding carboxylic acids is 1. The summed E-state index contributed by atoms with van der Waals surface area (Å²) in [6.45, 7) is 3.88. The third-order valence-corrected chi connectivity index (χ3v) is 2.13. The van der Waals surface area contributed by atoms with Crippen molar-refractivity contribution in [2.45, 2.75) is 20.4 Å². The fourth-order valence-corrected chi connectivity index (χ4v) is 1.20. The Kier molecular flexibility index (Phi) is 3.11. The Bertz CT molecular complexity index is 344. The predicted octanol–water partition coefficient (Wildman–Crippen LogP) is 0.373. The molecule has 0 aliphatic rings. The largest absolute Gasteiger partial charge is 0.480 e. The molecular weight excluding hydrogens is 182 g/mol. The van der Waals surface area contributed by atoms with E-state index in [2.05, 4.69) is 10.4 Å². The molecule has 0 atom stereocenters. The topological polar surface area (TPSA) is 56.1 Å². The van der Waals surface area contributed by atoms with Gasteiger partial charge >= 0.3 is 0 Å². The second-order valence-corrected chi connectivity index (χ2v) is 3.11. The number of hydrogen-bond acceptors (Lipinski definition) is 3. The average molecular weight is 197 g/mol. The van der Waals surface area contributed by atoms with Gasteiger partial charge in [-0.25, -0.2) is 0 Å². The molecule has 1 heterocycles. The molecule has 0 saturated carbocycles. The number of carbonyl (C=O) groups is 1. The van der Waals surface area contributed by atoms with Gasteiger partial charge in [-0.3, -0.25) is 9.48 Å². The minimum atomic E-state index is -0.0599. The molecule has 0 spiro atoms. The van der Waals surface area contributed by atoms with E-state index in [1.807, 2.05) is 14.0 Å². The average Bonchev–Trinajstić information content (AvgIpc) is 2.40. The van der Waals surface area contributed by atoms with E-state index in [0.29, 0.717) is 12.4 Å². The van der Waals surface area contributed by atoms with Crippen molar-refractivity contribution in [3.8, 4) is 5.88 Å². The summed E-state index contributed by atoms with van der Waals surface area (Å²) in [6.07, 6.45) is 0. The third kappa shape index (κ3) is 2.04. The molecule has 0 unspecified atom stereocenters. The molecule has 14 heavy (non-hydrogen) atoms. The number of methoxy groups -OCH3 is 1. The van der Waals surface area contributed by atoms with Crippen LogP contribution in [0.4, 0.5) is 0 Å². The van der Waals surface area contributed by atoms with Crippen LogP contribution in [-0.2, 0) is 18.4 Å². The minimum Gasteiger partial charge on any atom is -0.480 e. The Morgan fingerprint density at radius 1 is 1.64 bits per heavy atom. The Labute approximate surface area is 83.1 Å². The van der Waals surface area contributed by atoms with Crippen molar-refractivity contribution in [1.82, 2.24) is 15.1 Å². The molecule has 0 fully saturated rings. The number of aromatic nitrogens is 2. The van der Waals surface area contributed by atoms with Gasteiger partial charge in [-0.15, -0.1) is 5.10 Å². The van der Waals surface area contributed by atoms with Crippen LogP contribution < -0.4 is 10.1 Å². The number of rotatable bonds is 3. The maximum atomic E-state index is 10.8. The summed E-state index contributed by atoms with van der Waals surface area (Å²) in [7, 11) is 3.41. The van der Waals surface area contributed by atoms with Crippen LogP contribution in [0.3, 0.4) is 0 Å². The molecule has 0 aromatic carbocycles. The molecule has 5 nitrogen and oxygen atoms in total. The van der Waals surface area contributed by atoms with E-state index in [1.165, 1.54) is 6.92 Å². The molecule has 0 radical (unpaired) electrons. The first-order valence-corrected chi connectivity index (χ1v) is 4.37. The predicted molar refractivity (Wildman–Crippen MR) is 52.0 cm³/mol. The van der Waals surface area contributed by atoms with Crippen LogP contribution in [0.1, 0.15) is 18.2 Å². The SMILES string of the molecule is COc1nn(C)c(C)c1CNC(C)=O.